The van der Waals surface area contributed by atoms with Gasteiger partial charge in [0, 0.05) is 11.9 Å². The number of alkyl halides is 1. The lowest BCUT2D eigenvalue weighted by Crippen LogP contribution is -2.30. The maximum atomic E-state index is 5.79. The van der Waals surface area contributed by atoms with Gasteiger partial charge in [-0.3, -0.25) is 0 Å². The summed E-state index contributed by atoms with van der Waals surface area (Å²) in [6, 6.07) is 0. The van der Waals surface area contributed by atoms with Gasteiger partial charge in [0.2, 0.25) is 0 Å². The van der Waals surface area contributed by atoms with Gasteiger partial charge in [-0.05, 0) is 32.1 Å². The Labute approximate surface area is 89.1 Å². The van der Waals surface area contributed by atoms with E-state index in [0.717, 1.165) is 18.4 Å². The highest BCUT2D eigenvalue weighted by Crippen LogP contribution is 2.19. The molecule has 78 valence electrons. The standard InChI is InChI=1S/C10H19BrO2/c1-8(7-11)9(2)13-10-5-3-4-6-12-10/h8-10H,3-7H2,1-2H3/t8-,9+,10?/m0/s1. The third kappa shape index (κ3) is 3.96. The second-order valence-electron chi connectivity index (χ2n) is 3.77. The number of halogens is 1. The highest BCUT2D eigenvalue weighted by molar-refractivity contribution is 9.09. The van der Waals surface area contributed by atoms with Crippen LogP contribution in [-0.4, -0.2) is 24.3 Å². The van der Waals surface area contributed by atoms with Crippen molar-refractivity contribution in [2.24, 2.45) is 5.92 Å². The molecule has 0 radical (unpaired) electrons. The molecular formula is C10H19BrO2. The van der Waals surface area contributed by atoms with Gasteiger partial charge in [-0.25, -0.2) is 0 Å². The van der Waals surface area contributed by atoms with Gasteiger partial charge in [-0.1, -0.05) is 22.9 Å². The quantitative estimate of drug-likeness (QED) is 0.715. The second kappa shape index (κ2) is 5.99. The maximum Gasteiger partial charge on any atom is 0.157 e. The minimum atomic E-state index is 0.0465. The van der Waals surface area contributed by atoms with Crippen molar-refractivity contribution in [3.05, 3.63) is 0 Å². The molecule has 0 aliphatic carbocycles. The Morgan fingerprint density at radius 3 is 2.77 bits per heavy atom. The second-order valence-corrected chi connectivity index (χ2v) is 4.42. The molecule has 0 aromatic rings. The Hall–Kier alpha value is 0.400. The SMILES string of the molecule is C[C@@H](CBr)[C@@H](C)OC1CCCCO1. The van der Waals surface area contributed by atoms with Crippen LogP contribution < -0.4 is 0 Å². The highest BCUT2D eigenvalue weighted by Gasteiger charge is 2.19. The summed E-state index contributed by atoms with van der Waals surface area (Å²) in [7, 11) is 0. The first-order chi connectivity index (χ1) is 6.24. The molecule has 1 saturated heterocycles. The van der Waals surface area contributed by atoms with Gasteiger partial charge < -0.3 is 9.47 Å². The minimum Gasteiger partial charge on any atom is -0.353 e. The molecule has 0 spiro atoms. The van der Waals surface area contributed by atoms with Gasteiger partial charge in [0.1, 0.15) is 0 Å². The smallest absolute Gasteiger partial charge is 0.157 e. The van der Waals surface area contributed by atoms with E-state index in [-0.39, 0.29) is 12.4 Å². The molecule has 0 bridgehead atoms. The average molecular weight is 251 g/mol. The Kier molecular flexibility index (Phi) is 5.29. The summed E-state index contributed by atoms with van der Waals surface area (Å²) >= 11 is 3.46. The van der Waals surface area contributed by atoms with Crippen molar-refractivity contribution in [2.75, 3.05) is 11.9 Å². The van der Waals surface area contributed by atoms with Gasteiger partial charge in [0.15, 0.2) is 6.29 Å². The van der Waals surface area contributed by atoms with E-state index in [9.17, 15) is 0 Å². The summed E-state index contributed by atoms with van der Waals surface area (Å²) in [4.78, 5) is 0. The van der Waals surface area contributed by atoms with E-state index in [1.165, 1.54) is 12.8 Å². The molecule has 1 aliphatic heterocycles. The lowest BCUT2D eigenvalue weighted by atomic mass is 10.1. The predicted molar refractivity (Wildman–Crippen MR) is 57.1 cm³/mol. The van der Waals surface area contributed by atoms with Gasteiger partial charge in [-0.2, -0.15) is 0 Å². The first-order valence-electron chi connectivity index (χ1n) is 5.07. The van der Waals surface area contributed by atoms with E-state index in [2.05, 4.69) is 29.8 Å². The molecule has 0 aromatic carbocycles. The van der Waals surface area contributed by atoms with Crippen molar-refractivity contribution in [1.29, 1.82) is 0 Å². The third-order valence-electron chi connectivity index (χ3n) is 2.55. The molecule has 13 heavy (non-hydrogen) atoms. The Bertz CT molecular complexity index is 135. The van der Waals surface area contributed by atoms with Crippen LogP contribution in [0.3, 0.4) is 0 Å². The van der Waals surface area contributed by atoms with Crippen molar-refractivity contribution < 1.29 is 9.47 Å². The van der Waals surface area contributed by atoms with E-state index < -0.39 is 0 Å². The topological polar surface area (TPSA) is 18.5 Å². The predicted octanol–water partition coefficient (Wildman–Crippen LogP) is 2.95. The number of hydrogen-bond acceptors (Lipinski definition) is 2. The van der Waals surface area contributed by atoms with E-state index in [1.54, 1.807) is 0 Å². The van der Waals surface area contributed by atoms with Gasteiger partial charge in [0.05, 0.1) is 6.10 Å². The summed E-state index contributed by atoms with van der Waals surface area (Å²) in [5.74, 6) is 0.547. The van der Waals surface area contributed by atoms with Crippen LogP contribution in [0.5, 0.6) is 0 Å². The van der Waals surface area contributed by atoms with Crippen molar-refractivity contribution in [3.8, 4) is 0 Å². The molecule has 1 aliphatic rings. The summed E-state index contributed by atoms with van der Waals surface area (Å²) in [6.45, 7) is 5.16. The molecule has 0 amide bonds. The van der Waals surface area contributed by atoms with Crippen molar-refractivity contribution in [2.45, 2.75) is 45.5 Å². The first kappa shape index (κ1) is 11.5. The van der Waals surface area contributed by atoms with Gasteiger partial charge >= 0.3 is 0 Å². The zero-order valence-electron chi connectivity index (χ0n) is 8.46. The molecular weight excluding hydrogens is 232 g/mol. The lowest BCUT2D eigenvalue weighted by molar-refractivity contribution is -0.191. The number of rotatable bonds is 4. The van der Waals surface area contributed by atoms with Crippen molar-refractivity contribution >= 4 is 15.9 Å². The van der Waals surface area contributed by atoms with E-state index in [1.807, 2.05) is 0 Å². The minimum absolute atomic E-state index is 0.0465. The first-order valence-corrected chi connectivity index (χ1v) is 6.19. The molecule has 3 heteroatoms. The Morgan fingerprint density at radius 2 is 2.23 bits per heavy atom. The zero-order chi connectivity index (χ0) is 9.68. The van der Waals surface area contributed by atoms with Crippen LogP contribution in [0, 0.1) is 5.92 Å². The summed E-state index contributed by atoms with van der Waals surface area (Å²) < 4.78 is 11.3. The monoisotopic (exact) mass is 250 g/mol. The normalized spacial score (nSPS) is 28.4. The fraction of sp³-hybridized carbons (Fsp3) is 1.00. The van der Waals surface area contributed by atoms with Crippen LogP contribution in [0.2, 0.25) is 0 Å². The molecule has 3 atom stereocenters. The van der Waals surface area contributed by atoms with Crippen LogP contribution in [0.15, 0.2) is 0 Å². The largest absolute Gasteiger partial charge is 0.353 e. The molecule has 1 unspecified atom stereocenters. The van der Waals surface area contributed by atoms with Crippen LogP contribution >= 0.6 is 15.9 Å². The molecule has 0 saturated carbocycles. The van der Waals surface area contributed by atoms with Crippen LogP contribution in [0.1, 0.15) is 33.1 Å². The van der Waals surface area contributed by atoms with Gasteiger partial charge in [0.25, 0.3) is 0 Å². The summed E-state index contributed by atoms with van der Waals surface area (Å²) in [6.07, 6.45) is 3.80. The fourth-order valence-electron chi connectivity index (χ4n) is 1.32. The lowest BCUT2D eigenvalue weighted by Gasteiger charge is -2.28. The van der Waals surface area contributed by atoms with E-state index in [0.29, 0.717) is 5.92 Å². The van der Waals surface area contributed by atoms with Crippen LogP contribution in [0.4, 0.5) is 0 Å². The molecule has 1 fully saturated rings. The van der Waals surface area contributed by atoms with E-state index in [4.69, 9.17) is 9.47 Å². The van der Waals surface area contributed by atoms with E-state index >= 15 is 0 Å². The van der Waals surface area contributed by atoms with Crippen LogP contribution in [-0.2, 0) is 9.47 Å². The number of ether oxygens (including phenoxy) is 2. The summed E-state index contributed by atoms with van der Waals surface area (Å²) in [5, 5.41) is 0.987. The molecule has 1 heterocycles. The Morgan fingerprint density at radius 1 is 1.46 bits per heavy atom. The molecule has 0 N–H and O–H groups in total. The molecule has 1 rings (SSSR count). The number of hydrogen-bond donors (Lipinski definition) is 0. The van der Waals surface area contributed by atoms with Gasteiger partial charge in [-0.15, -0.1) is 0 Å². The summed E-state index contributed by atoms with van der Waals surface area (Å²) in [5.41, 5.74) is 0. The fourth-order valence-corrected chi connectivity index (χ4v) is 1.84. The Balaban J connectivity index is 2.21. The highest BCUT2D eigenvalue weighted by atomic mass is 79.9. The third-order valence-corrected chi connectivity index (χ3v) is 3.57. The molecule has 2 nitrogen and oxygen atoms in total. The van der Waals surface area contributed by atoms with Crippen molar-refractivity contribution in [3.63, 3.8) is 0 Å². The maximum absolute atomic E-state index is 5.79. The zero-order valence-corrected chi connectivity index (χ0v) is 10.0. The average Bonchev–Trinajstić information content (AvgIpc) is 2.18. The van der Waals surface area contributed by atoms with Crippen molar-refractivity contribution in [1.82, 2.24) is 0 Å². The van der Waals surface area contributed by atoms with Crippen LogP contribution in [0.25, 0.3) is 0 Å². The molecule has 0 aromatic heterocycles.